The average Bonchev–Trinajstić information content (AvgIpc) is 2.46. The molecule has 0 unspecified atom stereocenters. The molecule has 2 rings (SSSR count). The van der Waals surface area contributed by atoms with E-state index in [2.05, 4.69) is 0 Å². The summed E-state index contributed by atoms with van der Waals surface area (Å²) >= 11 is 11.8. The van der Waals surface area contributed by atoms with Crippen LogP contribution in [0.4, 0.5) is 0 Å². The number of phenols is 1. The SMILES string of the molecule is CCN(C1CCN(C(=O)c2c(O)cc(Cl)cc2Cl)CC1)S(C)(=O)=O. The van der Waals surface area contributed by atoms with Gasteiger partial charge >= 0.3 is 0 Å². The lowest BCUT2D eigenvalue weighted by Crippen LogP contribution is -2.48. The van der Waals surface area contributed by atoms with Crippen molar-refractivity contribution in [3.63, 3.8) is 0 Å². The van der Waals surface area contributed by atoms with Gasteiger partial charge in [-0.15, -0.1) is 0 Å². The number of phenolic OH excluding ortho intramolecular Hbond substituents is 1. The van der Waals surface area contributed by atoms with Crippen LogP contribution < -0.4 is 0 Å². The molecular formula is C15H20Cl2N2O4S. The predicted molar refractivity (Wildman–Crippen MR) is 94.3 cm³/mol. The number of aromatic hydroxyl groups is 1. The molecule has 1 aromatic rings. The Bertz CT molecular complexity index is 708. The van der Waals surface area contributed by atoms with Crippen LogP contribution in [-0.2, 0) is 10.0 Å². The van der Waals surface area contributed by atoms with Crippen LogP contribution in [0.5, 0.6) is 5.75 Å². The van der Waals surface area contributed by atoms with E-state index in [0.29, 0.717) is 32.5 Å². The van der Waals surface area contributed by atoms with Gasteiger partial charge < -0.3 is 10.0 Å². The van der Waals surface area contributed by atoms with Crippen molar-refractivity contribution in [2.45, 2.75) is 25.8 Å². The van der Waals surface area contributed by atoms with E-state index in [4.69, 9.17) is 23.2 Å². The van der Waals surface area contributed by atoms with Gasteiger partial charge in [-0.1, -0.05) is 30.1 Å². The molecule has 0 bridgehead atoms. The number of piperidine rings is 1. The second kappa shape index (κ2) is 7.47. The largest absolute Gasteiger partial charge is 0.507 e. The quantitative estimate of drug-likeness (QED) is 0.850. The first-order valence-electron chi connectivity index (χ1n) is 7.59. The lowest BCUT2D eigenvalue weighted by Gasteiger charge is -2.37. The van der Waals surface area contributed by atoms with E-state index in [-0.39, 0.29) is 33.3 Å². The number of hydrogen-bond donors (Lipinski definition) is 1. The third kappa shape index (κ3) is 4.14. The first kappa shape index (κ1) is 19.3. The van der Waals surface area contributed by atoms with Gasteiger partial charge in [0.25, 0.3) is 5.91 Å². The molecule has 1 N–H and O–H groups in total. The van der Waals surface area contributed by atoms with E-state index in [0.717, 1.165) is 0 Å². The third-order valence-corrected chi connectivity index (χ3v) is 6.07. The number of benzene rings is 1. The molecule has 24 heavy (non-hydrogen) atoms. The molecule has 0 radical (unpaired) electrons. The van der Waals surface area contributed by atoms with Gasteiger partial charge in [-0.25, -0.2) is 8.42 Å². The van der Waals surface area contributed by atoms with Crippen molar-refractivity contribution in [2.75, 3.05) is 25.9 Å². The lowest BCUT2D eigenvalue weighted by atomic mass is 10.0. The summed E-state index contributed by atoms with van der Waals surface area (Å²) in [7, 11) is -3.27. The number of hydrogen-bond acceptors (Lipinski definition) is 4. The van der Waals surface area contributed by atoms with Gasteiger partial charge in [0.15, 0.2) is 0 Å². The Kier molecular flexibility index (Phi) is 6.01. The average molecular weight is 395 g/mol. The molecule has 1 fully saturated rings. The van der Waals surface area contributed by atoms with E-state index in [1.165, 1.54) is 22.7 Å². The zero-order valence-corrected chi connectivity index (χ0v) is 15.8. The molecule has 6 nitrogen and oxygen atoms in total. The molecule has 0 atom stereocenters. The number of halogens is 2. The fraction of sp³-hybridized carbons (Fsp3) is 0.533. The Morgan fingerprint density at radius 3 is 2.38 bits per heavy atom. The summed E-state index contributed by atoms with van der Waals surface area (Å²) < 4.78 is 25.1. The maximum Gasteiger partial charge on any atom is 0.259 e. The summed E-state index contributed by atoms with van der Waals surface area (Å²) in [4.78, 5) is 14.2. The van der Waals surface area contributed by atoms with Crippen LogP contribution in [0, 0.1) is 0 Å². The van der Waals surface area contributed by atoms with E-state index in [1.807, 2.05) is 0 Å². The molecule has 0 aliphatic carbocycles. The second-order valence-corrected chi connectivity index (χ2v) is 8.55. The standard InChI is InChI=1S/C15H20Cl2N2O4S/c1-3-19(24(2,22)23)11-4-6-18(7-5-11)15(21)14-12(17)8-10(16)9-13(14)20/h8-9,11,20H,3-7H2,1-2H3. The van der Waals surface area contributed by atoms with Gasteiger partial charge in [0.2, 0.25) is 10.0 Å². The molecular weight excluding hydrogens is 375 g/mol. The van der Waals surface area contributed by atoms with E-state index in [9.17, 15) is 18.3 Å². The van der Waals surface area contributed by atoms with Crippen molar-refractivity contribution in [3.05, 3.63) is 27.7 Å². The first-order valence-corrected chi connectivity index (χ1v) is 10.2. The Labute approximate surface area is 152 Å². The molecule has 0 spiro atoms. The van der Waals surface area contributed by atoms with Crippen LogP contribution in [0.2, 0.25) is 10.0 Å². The zero-order chi connectivity index (χ0) is 18.1. The summed E-state index contributed by atoms with van der Waals surface area (Å²) in [5, 5.41) is 10.3. The smallest absolute Gasteiger partial charge is 0.259 e. The molecule has 1 heterocycles. The number of amides is 1. The fourth-order valence-corrected chi connectivity index (χ4v) is 4.84. The highest BCUT2D eigenvalue weighted by atomic mass is 35.5. The summed E-state index contributed by atoms with van der Waals surface area (Å²) in [6.45, 7) is 2.99. The fourth-order valence-electron chi connectivity index (χ4n) is 3.05. The molecule has 0 saturated carbocycles. The van der Waals surface area contributed by atoms with E-state index < -0.39 is 10.0 Å². The number of likely N-dealkylation sites (tertiary alicyclic amines) is 1. The minimum atomic E-state index is -3.27. The first-order chi connectivity index (χ1) is 11.1. The van der Waals surface area contributed by atoms with Crippen LogP contribution >= 0.6 is 23.2 Å². The van der Waals surface area contributed by atoms with E-state index in [1.54, 1.807) is 11.8 Å². The van der Waals surface area contributed by atoms with Crippen LogP contribution in [0.1, 0.15) is 30.1 Å². The minimum absolute atomic E-state index is 0.0231. The molecule has 9 heteroatoms. The van der Waals surface area contributed by atoms with Gasteiger partial charge in [0.05, 0.1) is 16.8 Å². The Morgan fingerprint density at radius 2 is 1.92 bits per heavy atom. The van der Waals surface area contributed by atoms with Gasteiger partial charge in [-0.3, -0.25) is 4.79 Å². The predicted octanol–water partition coefficient (Wildman–Crippen LogP) is 2.59. The van der Waals surface area contributed by atoms with Crippen LogP contribution in [0.25, 0.3) is 0 Å². The Balaban J connectivity index is 2.11. The topological polar surface area (TPSA) is 77.9 Å². The summed E-state index contributed by atoms with van der Waals surface area (Å²) in [5.41, 5.74) is 0.0231. The number of rotatable bonds is 4. The highest BCUT2D eigenvalue weighted by Gasteiger charge is 2.32. The maximum atomic E-state index is 12.6. The molecule has 0 aromatic heterocycles. The van der Waals surface area contributed by atoms with Crippen LogP contribution in [-0.4, -0.2) is 60.6 Å². The minimum Gasteiger partial charge on any atom is -0.507 e. The van der Waals surface area contributed by atoms with Crippen molar-refractivity contribution in [1.29, 1.82) is 0 Å². The molecule has 1 aliphatic heterocycles. The lowest BCUT2D eigenvalue weighted by molar-refractivity contribution is 0.0678. The number of sulfonamides is 1. The zero-order valence-electron chi connectivity index (χ0n) is 13.5. The molecule has 1 saturated heterocycles. The molecule has 1 aromatic carbocycles. The monoisotopic (exact) mass is 394 g/mol. The second-order valence-electron chi connectivity index (χ2n) is 5.77. The van der Waals surface area contributed by atoms with Crippen molar-refractivity contribution < 1.29 is 18.3 Å². The Morgan fingerprint density at radius 1 is 1.33 bits per heavy atom. The number of nitrogens with zero attached hydrogens (tertiary/aromatic N) is 2. The molecule has 1 amide bonds. The normalized spacial score (nSPS) is 16.6. The van der Waals surface area contributed by atoms with Gasteiger partial charge in [-0.05, 0) is 25.0 Å². The molecule has 1 aliphatic rings. The summed E-state index contributed by atoms with van der Waals surface area (Å²) in [5.74, 6) is -0.638. The number of carbonyl (C=O) groups is 1. The van der Waals surface area contributed by atoms with Gasteiger partial charge in [0.1, 0.15) is 5.75 Å². The van der Waals surface area contributed by atoms with Crippen molar-refractivity contribution in [2.24, 2.45) is 0 Å². The van der Waals surface area contributed by atoms with E-state index >= 15 is 0 Å². The molecule has 134 valence electrons. The third-order valence-electron chi connectivity index (χ3n) is 4.14. The summed E-state index contributed by atoms with van der Waals surface area (Å²) in [6, 6.07) is 2.56. The van der Waals surface area contributed by atoms with Crippen molar-refractivity contribution in [3.8, 4) is 5.75 Å². The highest BCUT2D eigenvalue weighted by molar-refractivity contribution is 7.88. The van der Waals surface area contributed by atoms with Crippen molar-refractivity contribution in [1.82, 2.24) is 9.21 Å². The van der Waals surface area contributed by atoms with Crippen LogP contribution in [0.15, 0.2) is 12.1 Å². The number of carbonyl (C=O) groups excluding carboxylic acids is 1. The van der Waals surface area contributed by atoms with Gasteiger partial charge in [-0.2, -0.15) is 4.31 Å². The Hall–Kier alpha value is -1.02. The maximum absolute atomic E-state index is 12.6. The van der Waals surface area contributed by atoms with Crippen LogP contribution in [0.3, 0.4) is 0 Å². The summed E-state index contributed by atoms with van der Waals surface area (Å²) in [6.07, 6.45) is 2.27. The van der Waals surface area contributed by atoms with Crippen molar-refractivity contribution >= 4 is 39.1 Å². The van der Waals surface area contributed by atoms with Gasteiger partial charge in [0, 0.05) is 30.7 Å². The highest BCUT2D eigenvalue weighted by Crippen LogP contribution is 2.32.